The van der Waals surface area contributed by atoms with Crippen molar-refractivity contribution in [3.8, 4) is 11.3 Å². The lowest BCUT2D eigenvalue weighted by Gasteiger charge is -2.29. The van der Waals surface area contributed by atoms with Gasteiger partial charge in [0.25, 0.3) is 5.91 Å². The molecule has 0 spiro atoms. The van der Waals surface area contributed by atoms with Crippen LogP contribution in [0.2, 0.25) is 0 Å². The molecule has 0 saturated carbocycles. The maximum absolute atomic E-state index is 13.1. The molecule has 1 amide bonds. The van der Waals surface area contributed by atoms with Gasteiger partial charge in [0.1, 0.15) is 11.7 Å². The molecule has 1 fully saturated rings. The number of nitrogens with zero attached hydrogens (tertiary/aromatic N) is 5. The Balaban J connectivity index is 2.03. The SMILES string of the molecule is CCN(CC)C(=O)c1cc(-c2ccnc(N=C(N)/C=C\[NH2+]C)c2)nc(N2CCNCC2)c1. The Labute approximate surface area is 189 Å². The number of amidine groups is 1. The standard InChI is InChI=1S/C23H32N8O/c1-4-30(5-2)23(32)18-14-19(28-22(16-18)31-12-10-26-11-13-31)17-6-9-27-21(15-17)29-20(24)7-8-25-3/h6-9,14-16,25-26H,4-5,10-13H2,1-3H3,(H2,24,27,29)/p+1/b8-7-. The second-order valence-electron chi connectivity index (χ2n) is 7.45. The van der Waals surface area contributed by atoms with E-state index in [1.165, 1.54) is 0 Å². The lowest BCUT2D eigenvalue weighted by atomic mass is 10.1. The number of quaternary nitrogens is 1. The fourth-order valence-corrected chi connectivity index (χ4v) is 3.54. The molecule has 9 heteroatoms. The Morgan fingerprint density at radius 2 is 2.03 bits per heavy atom. The monoisotopic (exact) mass is 437 g/mol. The van der Waals surface area contributed by atoms with Crippen molar-refractivity contribution in [3.05, 3.63) is 48.3 Å². The van der Waals surface area contributed by atoms with Gasteiger partial charge in [-0.25, -0.2) is 15.0 Å². The van der Waals surface area contributed by atoms with Crippen molar-refractivity contribution in [2.24, 2.45) is 10.7 Å². The van der Waals surface area contributed by atoms with E-state index in [0.29, 0.717) is 36.0 Å². The number of aromatic nitrogens is 2. The number of nitrogens with two attached hydrogens (primary N) is 2. The van der Waals surface area contributed by atoms with Crippen LogP contribution in [-0.2, 0) is 0 Å². The molecule has 3 rings (SSSR count). The quantitative estimate of drug-likeness (QED) is 0.414. The maximum atomic E-state index is 13.1. The zero-order valence-corrected chi connectivity index (χ0v) is 19.1. The third-order valence-corrected chi connectivity index (χ3v) is 5.29. The predicted octanol–water partition coefficient (Wildman–Crippen LogP) is 0.731. The van der Waals surface area contributed by atoms with Crippen LogP contribution in [0, 0.1) is 0 Å². The topological polar surface area (TPSA) is 116 Å². The molecule has 0 atom stereocenters. The minimum absolute atomic E-state index is 0.00697. The first-order valence-electron chi connectivity index (χ1n) is 11.1. The molecule has 0 radical (unpaired) electrons. The minimum Gasteiger partial charge on any atom is -0.383 e. The average Bonchev–Trinajstić information content (AvgIpc) is 2.84. The molecular formula is C23H33N8O+. The van der Waals surface area contributed by atoms with E-state index in [-0.39, 0.29) is 5.91 Å². The Bertz CT molecular complexity index is 978. The third-order valence-electron chi connectivity index (χ3n) is 5.29. The molecule has 0 unspecified atom stereocenters. The second-order valence-corrected chi connectivity index (χ2v) is 7.45. The van der Waals surface area contributed by atoms with Crippen LogP contribution in [0.3, 0.4) is 0 Å². The summed E-state index contributed by atoms with van der Waals surface area (Å²) in [4.78, 5) is 30.7. The van der Waals surface area contributed by atoms with Crippen LogP contribution in [0.4, 0.5) is 11.6 Å². The smallest absolute Gasteiger partial charge is 0.254 e. The van der Waals surface area contributed by atoms with Crippen molar-refractivity contribution in [1.82, 2.24) is 20.2 Å². The van der Waals surface area contributed by atoms with Gasteiger partial charge in [0.2, 0.25) is 0 Å². The fourth-order valence-electron chi connectivity index (χ4n) is 3.54. The summed E-state index contributed by atoms with van der Waals surface area (Å²) in [5, 5.41) is 5.24. The van der Waals surface area contributed by atoms with Gasteiger partial charge in [0.15, 0.2) is 5.82 Å². The van der Waals surface area contributed by atoms with Gasteiger partial charge in [-0.1, -0.05) is 0 Å². The highest BCUT2D eigenvalue weighted by molar-refractivity contribution is 5.96. The van der Waals surface area contributed by atoms with E-state index < -0.39 is 0 Å². The van der Waals surface area contributed by atoms with Crippen LogP contribution in [0.5, 0.6) is 0 Å². The van der Waals surface area contributed by atoms with Crippen molar-refractivity contribution in [2.45, 2.75) is 13.8 Å². The van der Waals surface area contributed by atoms with Gasteiger partial charge in [0.05, 0.1) is 18.9 Å². The van der Waals surface area contributed by atoms with Crippen LogP contribution in [-0.4, -0.2) is 72.9 Å². The molecule has 3 heterocycles. The average molecular weight is 438 g/mol. The molecule has 1 aliphatic heterocycles. The molecule has 0 bridgehead atoms. The summed E-state index contributed by atoms with van der Waals surface area (Å²) < 4.78 is 0. The van der Waals surface area contributed by atoms with Gasteiger partial charge >= 0.3 is 0 Å². The number of piperazine rings is 1. The number of carbonyl (C=O) groups excluding carboxylic acids is 1. The summed E-state index contributed by atoms with van der Waals surface area (Å²) in [6.07, 6.45) is 5.23. The highest BCUT2D eigenvalue weighted by atomic mass is 16.2. The first-order chi connectivity index (χ1) is 15.5. The van der Waals surface area contributed by atoms with Gasteiger partial charge in [-0.3, -0.25) is 4.79 Å². The highest BCUT2D eigenvalue weighted by Crippen LogP contribution is 2.26. The summed E-state index contributed by atoms with van der Waals surface area (Å²) in [6.45, 7) is 8.77. The molecule has 5 N–H and O–H groups in total. The summed E-state index contributed by atoms with van der Waals surface area (Å²) in [6, 6.07) is 7.47. The van der Waals surface area contributed by atoms with E-state index in [4.69, 9.17) is 10.7 Å². The van der Waals surface area contributed by atoms with Crippen molar-refractivity contribution in [3.63, 3.8) is 0 Å². The normalized spacial score (nSPS) is 14.7. The van der Waals surface area contributed by atoms with Gasteiger partial charge in [0, 0.05) is 62.7 Å². The van der Waals surface area contributed by atoms with E-state index in [9.17, 15) is 4.79 Å². The van der Waals surface area contributed by atoms with E-state index in [1.807, 2.05) is 61.6 Å². The van der Waals surface area contributed by atoms with Gasteiger partial charge < -0.3 is 26.2 Å². The lowest BCUT2D eigenvalue weighted by molar-refractivity contribution is -0.556. The van der Waals surface area contributed by atoms with Gasteiger partial charge in [-0.2, -0.15) is 0 Å². The zero-order valence-electron chi connectivity index (χ0n) is 19.1. The van der Waals surface area contributed by atoms with Gasteiger partial charge in [-0.15, -0.1) is 0 Å². The van der Waals surface area contributed by atoms with E-state index >= 15 is 0 Å². The first-order valence-corrected chi connectivity index (χ1v) is 11.1. The van der Waals surface area contributed by atoms with E-state index in [0.717, 1.165) is 37.6 Å². The van der Waals surface area contributed by atoms with Crippen molar-refractivity contribution < 1.29 is 10.1 Å². The largest absolute Gasteiger partial charge is 0.383 e. The first kappa shape index (κ1) is 23.4. The minimum atomic E-state index is 0.00697. The number of hydrogen-bond donors (Lipinski definition) is 3. The zero-order chi connectivity index (χ0) is 22.9. The summed E-state index contributed by atoms with van der Waals surface area (Å²) in [5.41, 5.74) is 8.14. The third kappa shape index (κ3) is 5.89. The van der Waals surface area contributed by atoms with Crippen molar-refractivity contribution in [1.29, 1.82) is 0 Å². The number of hydrogen-bond acceptors (Lipinski definition) is 6. The molecular weight excluding hydrogens is 404 g/mol. The van der Waals surface area contributed by atoms with E-state index in [2.05, 4.69) is 20.2 Å². The number of aliphatic imine (C=N–C) groups is 1. The number of amides is 1. The van der Waals surface area contributed by atoms with Crippen LogP contribution in [0.25, 0.3) is 11.3 Å². The molecule has 1 aliphatic rings. The number of pyridine rings is 2. The highest BCUT2D eigenvalue weighted by Gasteiger charge is 2.19. The molecule has 2 aromatic heterocycles. The fraction of sp³-hybridized carbons (Fsp3) is 0.391. The summed E-state index contributed by atoms with van der Waals surface area (Å²) in [5.74, 6) is 1.68. The number of rotatable bonds is 8. The maximum Gasteiger partial charge on any atom is 0.254 e. The van der Waals surface area contributed by atoms with Crippen LogP contribution < -0.4 is 21.3 Å². The molecule has 1 saturated heterocycles. The molecule has 170 valence electrons. The van der Waals surface area contributed by atoms with Crippen molar-refractivity contribution >= 4 is 23.4 Å². The predicted molar refractivity (Wildman–Crippen MR) is 128 cm³/mol. The molecule has 2 aromatic rings. The Morgan fingerprint density at radius 3 is 2.72 bits per heavy atom. The molecule has 32 heavy (non-hydrogen) atoms. The van der Waals surface area contributed by atoms with Crippen molar-refractivity contribution in [2.75, 3.05) is 51.2 Å². The Kier molecular flexibility index (Phi) is 8.29. The van der Waals surface area contributed by atoms with Gasteiger partial charge in [-0.05, 0) is 38.1 Å². The molecule has 0 aliphatic carbocycles. The molecule has 9 nitrogen and oxygen atoms in total. The Hall–Kier alpha value is -3.30. The second kappa shape index (κ2) is 11.4. The Morgan fingerprint density at radius 1 is 1.28 bits per heavy atom. The summed E-state index contributed by atoms with van der Waals surface area (Å²) in [7, 11) is 1.91. The van der Waals surface area contributed by atoms with E-state index in [1.54, 1.807) is 12.3 Å². The van der Waals surface area contributed by atoms with Crippen LogP contribution in [0.15, 0.2) is 47.7 Å². The van der Waals surface area contributed by atoms with Crippen LogP contribution in [0.1, 0.15) is 24.2 Å². The number of carbonyl (C=O) groups is 1. The van der Waals surface area contributed by atoms with Crippen LogP contribution >= 0.6 is 0 Å². The summed E-state index contributed by atoms with van der Waals surface area (Å²) >= 11 is 0. The lowest BCUT2D eigenvalue weighted by Crippen LogP contribution is -2.72. The molecule has 0 aromatic carbocycles. The number of nitrogens with one attached hydrogen (secondary N) is 1. The number of anilines is 1.